The summed E-state index contributed by atoms with van der Waals surface area (Å²) >= 11 is 1.63. The third-order valence-electron chi connectivity index (χ3n) is 3.29. The topological polar surface area (TPSA) is 46.9 Å². The van der Waals surface area contributed by atoms with E-state index >= 15 is 0 Å². The van der Waals surface area contributed by atoms with Crippen LogP contribution in [0, 0.1) is 0 Å². The molecule has 5 heteroatoms. The van der Waals surface area contributed by atoms with E-state index in [0.717, 1.165) is 36.5 Å². The van der Waals surface area contributed by atoms with Crippen LogP contribution in [0.5, 0.6) is 0 Å². The summed E-state index contributed by atoms with van der Waals surface area (Å²) in [6.07, 6.45) is 6.97. The van der Waals surface area contributed by atoms with Crippen molar-refractivity contribution in [1.29, 1.82) is 0 Å². The molecule has 2 rings (SSSR count). The number of rotatable bonds is 7. The summed E-state index contributed by atoms with van der Waals surface area (Å²) in [5.74, 6) is 0.910. The van der Waals surface area contributed by atoms with E-state index in [4.69, 9.17) is 0 Å². The molecule has 1 atom stereocenters. The number of carbonyl (C=O) groups is 1. The van der Waals surface area contributed by atoms with Crippen molar-refractivity contribution in [2.24, 2.45) is 0 Å². The first kappa shape index (κ1) is 14.8. The molecule has 1 unspecified atom stereocenters. The van der Waals surface area contributed by atoms with Crippen molar-refractivity contribution < 1.29 is 4.79 Å². The molecule has 0 saturated heterocycles. The lowest BCUT2D eigenvalue weighted by molar-refractivity contribution is -0.123. The number of thiophene rings is 1. The Kier molecular flexibility index (Phi) is 5.35. The Hall–Kier alpha value is -1.62. The van der Waals surface area contributed by atoms with Gasteiger partial charge in [-0.15, -0.1) is 11.3 Å². The van der Waals surface area contributed by atoms with Gasteiger partial charge in [-0.1, -0.05) is 25.8 Å². The normalized spacial score (nSPS) is 12.3. The Bertz CT molecular complexity index is 533. The maximum atomic E-state index is 12.2. The summed E-state index contributed by atoms with van der Waals surface area (Å²) in [6.45, 7) is 4.82. The lowest BCUT2D eigenvalue weighted by Crippen LogP contribution is -2.31. The number of aromatic nitrogens is 2. The number of hydrogen-bond acceptors (Lipinski definition) is 3. The Morgan fingerprint density at radius 3 is 3.05 bits per heavy atom. The Morgan fingerprint density at radius 1 is 1.50 bits per heavy atom. The van der Waals surface area contributed by atoms with E-state index in [9.17, 15) is 4.79 Å². The fourth-order valence-corrected chi connectivity index (χ4v) is 2.81. The fourth-order valence-electron chi connectivity index (χ4n) is 2.08. The predicted octanol–water partition coefficient (Wildman–Crippen LogP) is 3.48. The lowest BCUT2D eigenvalue weighted by Gasteiger charge is -2.15. The van der Waals surface area contributed by atoms with Crippen molar-refractivity contribution >= 4 is 17.2 Å². The third-order valence-corrected chi connectivity index (χ3v) is 4.15. The molecule has 1 N–H and O–H groups in total. The second-order valence-electron chi connectivity index (χ2n) is 4.81. The van der Waals surface area contributed by atoms with Crippen LogP contribution in [0.15, 0.2) is 29.9 Å². The SMILES string of the molecule is CCCCCNC(=O)C(C)n1ccnc1-c1cccs1. The van der Waals surface area contributed by atoms with Crippen LogP contribution in [0.4, 0.5) is 0 Å². The highest BCUT2D eigenvalue weighted by molar-refractivity contribution is 7.13. The minimum Gasteiger partial charge on any atom is -0.354 e. The number of imidazole rings is 1. The van der Waals surface area contributed by atoms with E-state index in [2.05, 4.69) is 17.2 Å². The molecule has 0 aliphatic carbocycles. The molecule has 0 bridgehead atoms. The maximum Gasteiger partial charge on any atom is 0.242 e. The third kappa shape index (κ3) is 3.48. The van der Waals surface area contributed by atoms with Gasteiger partial charge in [0.2, 0.25) is 5.91 Å². The van der Waals surface area contributed by atoms with Gasteiger partial charge in [-0.25, -0.2) is 4.98 Å². The number of amides is 1. The molecule has 2 aromatic heterocycles. The van der Waals surface area contributed by atoms with Crippen LogP contribution in [0.3, 0.4) is 0 Å². The fraction of sp³-hybridized carbons (Fsp3) is 0.467. The molecule has 2 heterocycles. The minimum absolute atomic E-state index is 0.0527. The summed E-state index contributed by atoms with van der Waals surface area (Å²) in [5.41, 5.74) is 0. The van der Waals surface area contributed by atoms with Gasteiger partial charge in [-0.2, -0.15) is 0 Å². The van der Waals surface area contributed by atoms with Gasteiger partial charge in [0.1, 0.15) is 6.04 Å². The molecule has 1 amide bonds. The van der Waals surface area contributed by atoms with Gasteiger partial charge in [0.25, 0.3) is 0 Å². The van der Waals surface area contributed by atoms with Crippen LogP contribution in [0.2, 0.25) is 0 Å². The Balaban J connectivity index is 2.01. The molecule has 0 aromatic carbocycles. The summed E-state index contributed by atoms with van der Waals surface area (Å²) in [4.78, 5) is 17.6. The van der Waals surface area contributed by atoms with E-state index in [1.165, 1.54) is 0 Å². The van der Waals surface area contributed by atoms with Gasteiger partial charge < -0.3 is 9.88 Å². The van der Waals surface area contributed by atoms with Gasteiger partial charge in [0, 0.05) is 18.9 Å². The first-order valence-corrected chi connectivity index (χ1v) is 7.96. The van der Waals surface area contributed by atoms with Crippen molar-refractivity contribution in [3.05, 3.63) is 29.9 Å². The Morgan fingerprint density at radius 2 is 2.35 bits per heavy atom. The van der Waals surface area contributed by atoms with E-state index < -0.39 is 0 Å². The second-order valence-corrected chi connectivity index (χ2v) is 5.76. The molecule has 0 spiro atoms. The minimum atomic E-state index is -0.240. The first-order valence-electron chi connectivity index (χ1n) is 7.08. The van der Waals surface area contributed by atoms with E-state index in [1.54, 1.807) is 17.5 Å². The molecule has 0 fully saturated rings. The second kappa shape index (κ2) is 7.24. The zero-order chi connectivity index (χ0) is 14.4. The van der Waals surface area contributed by atoms with Crippen LogP contribution in [0.25, 0.3) is 10.7 Å². The summed E-state index contributed by atoms with van der Waals surface area (Å²) in [7, 11) is 0. The average Bonchev–Trinajstić information content (AvgIpc) is 3.11. The highest BCUT2D eigenvalue weighted by Crippen LogP contribution is 2.25. The largest absolute Gasteiger partial charge is 0.354 e. The zero-order valence-electron chi connectivity index (χ0n) is 12.0. The van der Waals surface area contributed by atoms with Crippen molar-refractivity contribution in [1.82, 2.24) is 14.9 Å². The number of hydrogen-bond donors (Lipinski definition) is 1. The quantitative estimate of drug-likeness (QED) is 0.794. The van der Waals surface area contributed by atoms with Gasteiger partial charge in [-0.3, -0.25) is 4.79 Å². The lowest BCUT2D eigenvalue weighted by atomic mass is 10.2. The van der Waals surface area contributed by atoms with Gasteiger partial charge >= 0.3 is 0 Å². The molecule has 108 valence electrons. The Labute approximate surface area is 123 Å². The maximum absolute atomic E-state index is 12.2. The van der Waals surface area contributed by atoms with E-state index in [0.29, 0.717) is 0 Å². The van der Waals surface area contributed by atoms with E-state index in [1.807, 2.05) is 35.2 Å². The molecule has 0 aliphatic heterocycles. The van der Waals surface area contributed by atoms with Crippen molar-refractivity contribution in [3.63, 3.8) is 0 Å². The number of nitrogens with one attached hydrogen (secondary N) is 1. The van der Waals surface area contributed by atoms with Crippen molar-refractivity contribution in [2.75, 3.05) is 6.54 Å². The van der Waals surface area contributed by atoms with Crippen LogP contribution in [0.1, 0.15) is 39.2 Å². The zero-order valence-corrected chi connectivity index (χ0v) is 12.8. The summed E-state index contributed by atoms with van der Waals surface area (Å²) < 4.78 is 1.93. The number of carbonyl (C=O) groups excluding carboxylic acids is 1. The van der Waals surface area contributed by atoms with Gasteiger partial charge in [-0.05, 0) is 24.8 Å². The predicted molar refractivity (Wildman–Crippen MR) is 82.8 cm³/mol. The van der Waals surface area contributed by atoms with E-state index in [-0.39, 0.29) is 11.9 Å². The molecular weight excluding hydrogens is 270 g/mol. The molecule has 20 heavy (non-hydrogen) atoms. The molecule has 4 nitrogen and oxygen atoms in total. The summed E-state index contributed by atoms with van der Waals surface area (Å²) in [6, 6.07) is 3.78. The molecule has 0 aliphatic rings. The number of unbranched alkanes of at least 4 members (excludes halogenated alkanes) is 2. The van der Waals surface area contributed by atoms with Crippen LogP contribution in [-0.4, -0.2) is 22.0 Å². The standard InChI is InChI=1S/C15H21N3OS/c1-3-4-5-8-17-15(19)12(2)18-10-9-16-14(18)13-7-6-11-20-13/h6-7,9-12H,3-5,8H2,1-2H3,(H,17,19). The smallest absolute Gasteiger partial charge is 0.242 e. The molecule has 0 radical (unpaired) electrons. The molecule has 2 aromatic rings. The highest BCUT2D eigenvalue weighted by Gasteiger charge is 2.18. The van der Waals surface area contributed by atoms with Crippen LogP contribution >= 0.6 is 11.3 Å². The van der Waals surface area contributed by atoms with Crippen molar-refractivity contribution in [3.8, 4) is 10.7 Å². The van der Waals surface area contributed by atoms with Crippen molar-refractivity contribution in [2.45, 2.75) is 39.2 Å². The molecule has 0 saturated carbocycles. The first-order chi connectivity index (χ1) is 9.74. The monoisotopic (exact) mass is 291 g/mol. The van der Waals surface area contributed by atoms with Gasteiger partial charge in [0.05, 0.1) is 4.88 Å². The van der Waals surface area contributed by atoms with Gasteiger partial charge in [0.15, 0.2) is 5.82 Å². The summed E-state index contributed by atoms with van der Waals surface area (Å²) in [5, 5.41) is 5.01. The number of nitrogens with zero attached hydrogens (tertiary/aromatic N) is 2. The van der Waals surface area contributed by atoms with Crippen LogP contribution in [-0.2, 0) is 4.79 Å². The average molecular weight is 291 g/mol. The molecular formula is C15H21N3OS. The van der Waals surface area contributed by atoms with Crippen LogP contribution < -0.4 is 5.32 Å². The highest BCUT2D eigenvalue weighted by atomic mass is 32.1.